The van der Waals surface area contributed by atoms with Gasteiger partial charge in [-0.3, -0.25) is 0 Å². The zero-order valence-electron chi connectivity index (χ0n) is 9.00. The molecule has 0 heterocycles. The fourth-order valence-corrected chi connectivity index (χ4v) is 2.27. The summed E-state index contributed by atoms with van der Waals surface area (Å²) >= 11 is 0. The Hall–Kier alpha value is -1.40. The molecule has 1 aromatic carbocycles. The molecule has 0 aliphatic heterocycles. The normalized spacial score (nSPS) is 11.7. The summed E-state index contributed by atoms with van der Waals surface area (Å²) in [5, 5.41) is 10.3. The third-order valence-corrected chi connectivity index (χ3v) is 3.90. The predicted octanol–water partition coefficient (Wildman–Crippen LogP) is -0.635. The number of hydrogen-bond donors (Lipinski definition) is 0. The number of nitrogens with zero attached hydrogens (tertiary/aromatic N) is 1. The SMILES string of the molecule is Cc1ccc(S(=O)(=O)N(C)CC(=O)[O-])cc1. The van der Waals surface area contributed by atoms with Crippen molar-refractivity contribution in [3.05, 3.63) is 29.8 Å². The van der Waals surface area contributed by atoms with Crippen molar-refractivity contribution >= 4 is 16.0 Å². The van der Waals surface area contributed by atoms with E-state index in [1.807, 2.05) is 6.92 Å². The van der Waals surface area contributed by atoms with E-state index in [9.17, 15) is 18.3 Å². The van der Waals surface area contributed by atoms with Crippen LogP contribution < -0.4 is 5.11 Å². The van der Waals surface area contributed by atoms with Crippen molar-refractivity contribution in [2.75, 3.05) is 13.6 Å². The topological polar surface area (TPSA) is 77.5 Å². The lowest BCUT2D eigenvalue weighted by Gasteiger charge is -2.17. The Labute approximate surface area is 94.4 Å². The first-order valence-electron chi connectivity index (χ1n) is 4.57. The summed E-state index contributed by atoms with van der Waals surface area (Å²) in [4.78, 5) is 10.4. The van der Waals surface area contributed by atoms with Crippen LogP contribution in [0.5, 0.6) is 0 Å². The van der Waals surface area contributed by atoms with Crippen LogP contribution >= 0.6 is 0 Å². The molecule has 1 rings (SSSR count). The number of carbonyl (C=O) groups is 1. The molecular formula is C10H12NO4S-. The summed E-state index contributed by atoms with van der Waals surface area (Å²) < 4.78 is 24.4. The molecule has 6 heteroatoms. The molecule has 0 atom stereocenters. The molecule has 0 saturated heterocycles. The standard InChI is InChI=1S/C10H13NO4S/c1-8-3-5-9(6-4-8)16(14,15)11(2)7-10(12)13/h3-6H,7H2,1-2H3,(H,12,13)/p-1. The first kappa shape index (κ1) is 12.7. The second kappa shape index (κ2) is 4.63. The van der Waals surface area contributed by atoms with Crippen LogP contribution in [0.25, 0.3) is 0 Å². The van der Waals surface area contributed by atoms with Gasteiger partial charge in [0, 0.05) is 7.05 Å². The Morgan fingerprint density at radius 2 is 1.81 bits per heavy atom. The maximum atomic E-state index is 11.8. The summed E-state index contributed by atoms with van der Waals surface area (Å²) in [7, 11) is -2.54. The van der Waals surface area contributed by atoms with E-state index in [0.717, 1.165) is 9.87 Å². The van der Waals surface area contributed by atoms with E-state index in [1.165, 1.54) is 19.2 Å². The van der Waals surface area contributed by atoms with Gasteiger partial charge in [0.15, 0.2) is 0 Å². The van der Waals surface area contributed by atoms with Crippen LogP contribution in [0.4, 0.5) is 0 Å². The van der Waals surface area contributed by atoms with Crippen molar-refractivity contribution in [3.8, 4) is 0 Å². The predicted molar refractivity (Wildman–Crippen MR) is 56.0 cm³/mol. The molecule has 1 aromatic rings. The Bertz CT molecular complexity index is 478. The van der Waals surface area contributed by atoms with E-state index in [2.05, 4.69) is 0 Å². The van der Waals surface area contributed by atoms with E-state index in [4.69, 9.17) is 0 Å². The average molecular weight is 242 g/mol. The van der Waals surface area contributed by atoms with Crippen molar-refractivity contribution < 1.29 is 18.3 Å². The van der Waals surface area contributed by atoms with Crippen LogP contribution in [-0.4, -0.2) is 32.3 Å². The van der Waals surface area contributed by atoms with Gasteiger partial charge in [0.05, 0.1) is 17.4 Å². The van der Waals surface area contributed by atoms with E-state index in [0.29, 0.717) is 0 Å². The smallest absolute Gasteiger partial charge is 0.243 e. The number of aliphatic carboxylic acids is 1. The average Bonchev–Trinajstić information content (AvgIpc) is 2.17. The maximum absolute atomic E-state index is 11.8. The molecule has 0 unspecified atom stereocenters. The van der Waals surface area contributed by atoms with E-state index in [-0.39, 0.29) is 4.90 Å². The molecule has 0 amide bonds. The lowest BCUT2D eigenvalue weighted by atomic mass is 10.2. The van der Waals surface area contributed by atoms with Gasteiger partial charge in [-0.1, -0.05) is 17.7 Å². The molecule has 0 saturated carbocycles. The van der Waals surface area contributed by atoms with Crippen molar-refractivity contribution in [2.24, 2.45) is 0 Å². The number of rotatable bonds is 4. The molecule has 0 aromatic heterocycles. The summed E-state index contributed by atoms with van der Waals surface area (Å²) in [5.41, 5.74) is 0.932. The lowest BCUT2D eigenvalue weighted by Crippen LogP contribution is -2.39. The Morgan fingerprint density at radius 1 is 1.31 bits per heavy atom. The summed E-state index contributed by atoms with van der Waals surface area (Å²) in [5.74, 6) is -1.43. The molecule has 0 fully saturated rings. The molecule has 0 aliphatic carbocycles. The molecule has 0 N–H and O–H groups in total. The zero-order valence-corrected chi connectivity index (χ0v) is 9.82. The van der Waals surface area contributed by atoms with Gasteiger partial charge < -0.3 is 9.90 Å². The third-order valence-electron chi connectivity index (χ3n) is 2.08. The molecule has 0 aliphatic rings. The van der Waals surface area contributed by atoms with Crippen LogP contribution in [0.1, 0.15) is 5.56 Å². The number of benzene rings is 1. The second-order valence-electron chi connectivity index (χ2n) is 3.45. The van der Waals surface area contributed by atoms with Crippen molar-refractivity contribution in [1.29, 1.82) is 0 Å². The number of carbonyl (C=O) groups excluding carboxylic acids is 1. The van der Waals surface area contributed by atoms with E-state index in [1.54, 1.807) is 12.1 Å². The van der Waals surface area contributed by atoms with Gasteiger partial charge in [-0.05, 0) is 19.1 Å². The molecule has 0 bridgehead atoms. The Morgan fingerprint density at radius 3 is 2.25 bits per heavy atom. The van der Waals surface area contributed by atoms with Crippen molar-refractivity contribution in [1.82, 2.24) is 4.31 Å². The van der Waals surface area contributed by atoms with Gasteiger partial charge >= 0.3 is 0 Å². The minimum atomic E-state index is -3.74. The Kier molecular flexibility index (Phi) is 3.66. The number of hydrogen-bond acceptors (Lipinski definition) is 4. The van der Waals surface area contributed by atoms with Crippen molar-refractivity contribution in [2.45, 2.75) is 11.8 Å². The van der Waals surface area contributed by atoms with Crippen LogP contribution in [0, 0.1) is 6.92 Å². The van der Waals surface area contributed by atoms with E-state index >= 15 is 0 Å². The first-order chi connectivity index (χ1) is 7.34. The fraction of sp³-hybridized carbons (Fsp3) is 0.300. The highest BCUT2D eigenvalue weighted by molar-refractivity contribution is 7.89. The van der Waals surface area contributed by atoms with Crippen molar-refractivity contribution in [3.63, 3.8) is 0 Å². The summed E-state index contributed by atoms with van der Waals surface area (Å²) in [6, 6.07) is 6.19. The number of sulfonamides is 1. The van der Waals surface area contributed by atoms with Gasteiger partial charge in [0.1, 0.15) is 0 Å². The molecular weight excluding hydrogens is 230 g/mol. The fourth-order valence-electron chi connectivity index (χ4n) is 1.16. The minimum Gasteiger partial charge on any atom is -0.549 e. The monoisotopic (exact) mass is 242 g/mol. The maximum Gasteiger partial charge on any atom is 0.243 e. The van der Waals surface area contributed by atoms with Gasteiger partial charge in [0.25, 0.3) is 0 Å². The molecule has 0 spiro atoms. The van der Waals surface area contributed by atoms with Crippen LogP contribution in [-0.2, 0) is 14.8 Å². The molecule has 88 valence electrons. The van der Waals surface area contributed by atoms with Gasteiger partial charge in [0.2, 0.25) is 10.0 Å². The zero-order chi connectivity index (χ0) is 12.3. The lowest BCUT2D eigenvalue weighted by molar-refractivity contribution is -0.305. The molecule has 0 radical (unpaired) electrons. The highest BCUT2D eigenvalue weighted by Crippen LogP contribution is 2.14. The Balaban J connectivity index is 3.02. The summed E-state index contributed by atoms with van der Waals surface area (Å²) in [6.07, 6.45) is 0. The first-order valence-corrected chi connectivity index (χ1v) is 6.01. The third kappa shape index (κ3) is 2.80. The quantitative estimate of drug-likeness (QED) is 0.704. The minimum absolute atomic E-state index is 0.0712. The molecule has 5 nitrogen and oxygen atoms in total. The number of carboxylic acid groups (broad SMARTS) is 1. The van der Waals surface area contributed by atoms with Crippen LogP contribution in [0.15, 0.2) is 29.2 Å². The van der Waals surface area contributed by atoms with Gasteiger partial charge in [-0.15, -0.1) is 0 Å². The number of aryl methyl sites for hydroxylation is 1. The van der Waals surface area contributed by atoms with Crippen LogP contribution in [0.3, 0.4) is 0 Å². The second-order valence-corrected chi connectivity index (χ2v) is 5.49. The number of likely N-dealkylation sites (N-methyl/N-ethyl adjacent to an activating group) is 1. The largest absolute Gasteiger partial charge is 0.549 e. The number of carboxylic acids is 1. The highest BCUT2D eigenvalue weighted by Gasteiger charge is 2.20. The van der Waals surface area contributed by atoms with Gasteiger partial charge in [-0.25, -0.2) is 8.42 Å². The van der Waals surface area contributed by atoms with Crippen LogP contribution in [0.2, 0.25) is 0 Å². The van der Waals surface area contributed by atoms with E-state index < -0.39 is 22.5 Å². The molecule has 16 heavy (non-hydrogen) atoms. The van der Waals surface area contributed by atoms with Gasteiger partial charge in [-0.2, -0.15) is 4.31 Å². The highest BCUT2D eigenvalue weighted by atomic mass is 32.2. The summed E-state index contributed by atoms with van der Waals surface area (Å²) in [6.45, 7) is 1.18.